The number of hydrogen-bond donors (Lipinski definition) is 0. The van der Waals surface area contributed by atoms with Crippen LogP contribution in [0.2, 0.25) is 96.6 Å². The molecule has 4 saturated heterocycles. The Morgan fingerprint density at radius 3 is 1.44 bits per heavy atom. The van der Waals surface area contributed by atoms with E-state index in [2.05, 4.69) is 68.1 Å². The highest BCUT2D eigenvalue weighted by Gasteiger charge is 2.42. The van der Waals surface area contributed by atoms with Crippen molar-refractivity contribution in [3.05, 3.63) is 0 Å². The lowest BCUT2D eigenvalue weighted by Gasteiger charge is -2.33. The van der Waals surface area contributed by atoms with Gasteiger partial charge in [-0.3, -0.25) is 0 Å². The second-order valence-corrected chi connectivity index (χ2v) is 35.0. The lowest BCUT2D eigenvalue weighted by atomic mass is 10.2. The fourth-order valence-corrected chi connectivity index (χ4v) is 23.7. The van der Waals surface area contributed by atoms with E-state index in [1.165, 1.54) is 57.0 Å². The first kappa shape index (κ1) is 28.6. The molecule has 0 amide bonds. The van der Waals surface area contributed by atoms with Crippen LogP contribution in [-0.4, -0.2) is 32.3 Å². The van der Waals surface area contributed by atoms with Gasteiger partial charge < -0.3 is 0 Å². The van der Waals surface area contributed by atoms with Crippen LogP contribution in [0.5, 0.6) is 0 Å². The van der Waals surface area contributed by atoms with Gasteiger partial charge in [-0.05, 0) is 22.2 Å². The van der Waals surface area contributed by atoms with Crippen LogP contribution in [0.15, 0.2) is 0 Å². The van der Waals surface area contributed by atoms with Crippen LogP contribution < -0.4 is 0 Å². The monoisotopic (exact) mass is 617 g/mol. The molecule has 234 valence electrons. The maximum absolute atomic E-state index is 7.60. The molecule has 0 bridgehead atoms. The highest BCUT2D eigenvalue weighted by Crippen LogP contribution is 2.48. The molecule has 4 fully saturated rings. The predicted molar refractivity (Wildman–Crippen MR) is 196 cm³/mol. The molecule has 0 N–H and O–H groups in total. The molecular weight excluding hydrogens is 533 g/mol. The van der Waals surface area contributed by atoms with Gasteiger partial charge in [0.1, 0.15) is 0 Å². The van der Waals surface area contributed by atoms with Gasteiger partial charge in [0.15, 0.2) is 0 Å². The van der Waals surface area contributed by atoms with Gasteiger partial charge in [-0.25, -0.2) is 0 Å². The van der Waals surface area contributed by atoms with Crippen LogP contribution in [0.25, 0.3) is 0 Å². The van der Waals surface area contributed by atoms with Gasteiger partial charge in [0.2, 0.25) is 0 Å². The average molecular weight is 617 g/mol. The van der Waals surface area contributed by atoms with Gasteiger partial charge >= 0.3 is 0 Å². The van der Waals surface area contributed by atoms with Crippen LogP contribution in [0.1, 0.15) is 134 Å². The van der Waals surface area contributed by atoms with E-state index in [-0.39, 0.29) is 5.54 Å². The summed E-state index contributed by atoms with van der Waals surface area (Å²) in [5.74, 6) is 0. The van der Waals surface area contributed by atoms with E-state index in [0.29, 0.717) is 12.5 Å². The van der Waals surface area contributed by atoms with Gasteiger partial charge in [-0.1, -0.05) is 200 Å². The van der Waals surface area contributed by atoms with Crippen molar-refractivity contribution in [2.24, 2.45) is 0 Å². The molecule has 0 aromatic rings. The summed E-state index contributed by atoms with van der Waals surface area (Å²) in [6.45, 7) is 22.1. The van der Waals surface area contributed by atoms with E-state index in [9.17, 15) is 0 Å². The first-order valence-corrected chi connectivity index (χ1v) is 28.8. The zero-order chi connectivity index (χ0) is 34.9. The molecule has 0 aromatic heterocycles. The largest absolute Gasteiger partial charge is 0.0691 e. The third-order valence-corrected chi connectivity index (χ3v) is 34.7. The van der Waals surface area contributed by atoms with Gasteiger partial charge in [-0.2, -0.15) is 0 Å². The molecule has 4 heterocycles. The van der Waals surface area contributed by atoms with Crippen LogP contribution in [0.4, 0.5) is 0 Å². The highest BCUT2D eigenvalue weighted by molar-refractivity contribution is 6.82. The van der Waals surface area contributed by atoms with Gasteiger partial charge in [0.05, 0.1) is 32.3 Å². The minimum atomic E-state index is -3.16. The molecule has 7 atom stereocenters. The third kappa shape index (κ3) is 10.5. The van der Waals surface area contributed by atoms with Gasteiger partial charge in [-0.15, -0.1) is 0 Å². The zero-order valence-electron chi connectivity index (χ0n) is 34.9. The quantitative estimate of drug-likeness (QED) is 0.260. The van der Waals surface area contributed by atoms with E-state index in [0.717, 1.165) is 35.0 Å². The molecule has 4 aliphatic rings. The van der Waals surface area contributed by atoms with Crippen molar-refractivity contribution in [3.63, 3.8) is 0 Å². The molecule has 6 unspecified atom stereocenters. The SMILES string of the molecule is CCC1CCC[Si]1(C)C(C)C.CCC1CCC[Si]1(C)CC.CC[Si]1(C)CCC[C@H]1C.[2H]C([2H])([2H])[Si]1(C([2H])([2H])[2H])CCCC1CC. The van der Waals surface area contributed by atoms with E-state index in [1.807, 2.05) is 6.92 Å². The molecule has 0 radical (unpaired) electrons. The molecule has 0 nitrogen and oxygen atoms in total. The second-order valence-electron chi connectivity index (χ2n) is 15.4. The fraction of sp³-hybridized carbons (Fsp3) is 1.00. The van der Waals surface area contributed by atoms with Gasteiger partial charge in [0, 0.05) is 8.22 Å². The van der Waals surface area contributed by atoms with Crippen LogP contribution >= 0.6 is 0 Å². The Hall–Kier alpha value is 0.868. The van der Waals surface area contributed by atoms with Crippen LogP contribution in [-0.2, 0) is 0 Å². The molecule has 4 rings (SSSR count). The first-order valence-electron chi connectivity index (χ1n) is 20.7. The van der Waals surface area contributed by atoms with E-state index in [1.54, 1.807) is 24.6 Å². The summed E-state index contributed by atoms with van der Waals surface area (Å²) in [7, 11) is -5.31. The molecule has 0 aromatic carbocycles. The topological polar surface area (TPSA) is 0 Å². The van der Waals surface area contributed by atoms with Crippen molar-refractivity contribution in [2.75, 3.05) is 0 Å². The van der Waals surface area contributed by atoms with Crippen molar-refractivity contribution in [2.45, 2.75) is 223 Å². The minimum Gasteiger partial charge on any atom is -0.0691 e. The summed E-state index contributed by atoms with van der Waals surface area (Å²) in [6, 6.07) is 8.29. The summed E-state index contributed by atoms with van der Waals surface area (Å²) < 4.78 is 45.6. The third-order valence-electron chi connectivity index (χ3n) is 13.3. The maximum Gasteiger partial charge on any atom is 0.0561 e. The summed E-state index contributed by atoms with van der Waals surface area (Å²) in [4.78, 5) is 0. The lowest BCUT2D eigenvalue weighted by Crippen LogP contribution is -2.34. The van der Waals surface area contributed by atoms with E-state index >= 15 is 0 Å². The Morgan fingerprint density at radius 1 is 0.615 bits per heavy atom. The Labute approximate surface area is 262 Å². The molecule has 0 aliphatic carbocycles. The Morgan fingerprint density at radius 2 is 1.08 bits per heavy atom. The summed E-state index contributed by atoms with van der Waals surface area (Å²) in [5.41, 5.74) is 4.37. The predicted octanol–water partition coefficient (Wildman–Crippen LogP) is 14.2. The number of rotatable bonds is 6. The Bertz CT molecular complexity index is 835. The number of hydrogen-bond acceptors (Lipinski definition) is 0. The first-order chi connectivity index (χ1) is 20.7. The Balaban J connectivity index is 0.000000306. The molecular formula is C35H78Si4. The van der Waals surface area contributed by atoms with Crippen molar-refractivity contribution in [1.29, 1.82) is 0 Å². The fourth-order valence-electron chi connectivity index (χ4n) is 8.72. The molecule has 39 heavy (non-hydrogen) atoms. The van der Waals surface area contributed by atoms with Gasteiger partial charge in [0.25, 0.3) is 0 Å². The maximum atomic E-state index is 7.60. The highest BCUT2D eigenvalue weighted by atomic mass is 28.3. The molecule has 4 heteroatoms. The lowest BCUT2D eigenvalue weighted by molar-refractivity contribution is 0.723. The standard InChI is InChI=1S/C10H22Si.C9H20Si.2C8H18Si/c1-5-10-7-6-8-11(10,4)9(2)3;1-4-9-7-6-8-10(9,3)5-2;1-4-8-6-5-7-9(8,2)3;1-4-9(3)7-5-6-8(9)2/h9-10H,5-8H2,1-4H3;9H,4-8H2,1-3H3;2*8H,4-7H2,1-3H3/t;;;8-,9?/m...1/s1/i;;2D3,3D3;. The summed E-state index contributed by atoms with van der Waals surface area (Å²) in [6.07, 6.45) is 14.4. The average Bonchev–Trinajstić information content (AvgIpc) is 3.75. The Kier molecular flexibility index (Phi) is 12.7. The van der Waals surface area contributed by atoms with E-state index in [4.69, 9.17) is 8.22 Å². The summed E-state index contributed by atoms with van der Waals surface area (Å²) >= 11 is 0. The van der Waals surface area contributed by atoms with Crippen molar-refractivity contribution in [3.8, 4) is 0 Å². The van der Waals surface area contributed by atoms with Crippen LogP contribution in [0, 0.1) is 0 Å². The molecule has 0 spiro atoms. The van der Waals surface area contributed by atoms with E-state index < -0.39 is 45.2 Å². The zero-order valence-corrected chi connectivity index (χ0v) is 32.9. The van der Waals surface area contributed by atoms with Crippen LogP contribution in [0.3, 0.4) is 0 Å². The molecule has 4 aliphatic heterocycles. The van der Waals surface area contributed by atoms with Crippen molar-refractivity contribution >= 4 is 32.3 Å². The van der Waals surface area contributed by atoms with Crippen molar-refractivity contribution in [1.82, 2.24) is 0 Å². The van der Waals surface area contributed by atoms with Crippen molar-refractivity contribution < 1.29 is 8.22 Å². The summed E-state index contributed by atoms with van der Waals surface area (Å²) in [5, 5.41) is 0. The minimum absolute atomic E-state index is 0.0579. The smallest absolute Gasteiger partial charge is 0.0561 e. The normalized spacial score (nSPS) is 41.8. The molecule has 0 saturated carbocycles. The second kappa shape index (κ2) is 17.2.